The number of hydrogen-bond donors (Lipinski definition) is 0. The van der Waals surface area contributed by atoms with E-state index in [1.165, 1.54) is 0 Å². The summed E-state index contributed by atoms with van der Waals surface area (Å²) in [7, 11) is 0. The highest BCUT2D eigenvalue weighted by Crippen LogP contribution is 2.31. The maximum atomic E-state index is 13.9. The molecule has 1 amide bonds. The second-order valence-electron chi connectivity index (χ2n) is 8.55. The van der Waals surface area contributed by atoms with Gasteiger partial charge in [-0.25, -0.2) is 15.0 Å². The Morgan fingerprint density at radius 3 is 2.64 bits per heavy atom. The Morgan fingerprint density at radius 2 is 1.91 bits per heavy atom. The first-order valence-corrected chi connectivity index (χ1v) is 12.9. The summed E-state index contributed by atoms with van der Waals surface area (Å²) in [6, 6.07) is 11.8. The molecule has 2 unspecified atom stereocenters. The van der Waals surface area contributed by atoms with Gasteiger partial charge in [-0.1, -0.05) is 46.4 Å². The van der Waals surface area contributed by atoms with Crippen LogP contribution in [0.3, 0.4) is 0 Å². The Balaban J connectivity index is 1.58. The highest BCUT2D eigenvalue weighted by molar-refractivity contribution is 14.1. The molecule has 4 rings (SSSR count). The molecule has 7 heteroatoms. The molecule has 3 heterocycles. The van der Waals surface area contributed by atoms with E-state index in [-0.39, 0.29) is 17.9 Å². The van der Waals surface area contributed by atoms with Gasteiger partial charge in [0.1, 0.15) is 0 Å². The summed E-state index contributed by atoms with van der Waals surface area (Å²) in [5, 5.41) is 0. The van der Waals surface area contributed by atoms with Gasteiger partial charge in [-0.05, 0) is 50.8 Å². The first kappa shape index (κ1) is 23.6. The SMILES string of the molecule is Cc1ccc(OCC2CCCN(C(=O)c3cc(C)ccc3-c3ncccn3)C2CCI)nc1. The zero-order chi connectivity index (χ0) is 23.2. The van der Waals surface area contributed by atoms with E-state index in [0.29, 0.717) is 23.9 Å². The molecule has 1 aromatic carbocycles. The van der Waals surface area contributed by atoms with E-state index in [2.05, 4.69) is 42.4 Å². The number of halogens is 1. The molecule has 2 atom stereocenters. The molecule has 1 saturated heterocycles. The number of amides is 1. The molecule has 1 aliphatic heterocycles. The predicted octanol–water partition coefficient (Wildman–Crippen LogP) is 5.28. The van der Waals surface area contributed by atoms with Crippen molar-refractivity contribution in [1.82, 2.24) is 19.9 Å². The summed E-state index contributed by atoms with van der Waals surface area (Å²) in [4.78, 5) is 29.1. The quantitative estimate of drug-likeness (QED) is 0.293. The first-order chi connectivity index (χ1) is 16.1. The number of carbonyl (C=O) groups excluding carboxylic acids is 1. The van der Waals surface area contributed by atoms with Crippen molar-refractivity contribution in [3.05, 3.63) is 71.7 Å². The van der Waals surface area contributed by atoms with Crippen molar-refractivity contribution in [2.75, 3.05) is 17.6 Å². The minimum Gasteiger partial charge on any atom is -0.477 e. The van der Waals surface area contributed by atoms with Crippen LogP contribution < -0.4 is 4.74 Å². The van der Waals surface area contributed by atoms with Crippen molar-refractivity contribution < 1.29 is 9.53 Å². The lowest BCUT2D eigenvalue weighted by Gasteiger charge is -2.41. The molecule has 2 aromatic heterocycles. The van der Waals surface area contributed by atoms with Crippen LogP contribution in [0.15, 0.2) is 55.0 Å². The molecule has 0 saturated carbocycles. The van der Waals surface area contributed by atoms with Crippen LogP contribution in [0.1, 0.15) is 40.7 Å². The number of pyridine rings is 1. The third-order valence-corrected chi connectivity index (χ3v) is 6.75. The lowest BCUT2D eigenvalue weighted by molar-refractivity contribution is 0.0397. The van der Waals surface area contributed by atoms with Gasteiger partial charge in [0.15, 0.2) is 5.82 Å². The smallest absolute Gasteiger partial charge is 0.254 e. The fourth-order valence-corrected chi connectivity index (χ4v) is 5.08. The lowest BCUT2D eigenvalue weighted by atomic mass is 9.87. The van der Waals surface area contributed by atoms with Crippen LogP contribution >= 0.6 is 22.6 Å². The second kappa shape index (κ2) is 11.0. The molecule has 0 N–H and O–H groups in total. The van der Waals surface area contributed by atoms with Gasteiger partial charge in [0.2, 0.25) is 5.88 Å². The number of nitrogens with zero attached hydrogens (tertiary/aromatic N) is 4. The third-order valence-electron chi connectivity index (χ3n) is 6.13. The molecule has 3 aromatic rings. The molecule has 0 radical (unpaired) electrons. The van der Waals surface area contributed by atoms with Gasteiger partial charge in [-0.3, -0.25) is 4.79 Å². The van der Waals surface area contributed by atoms with E-state index in [1.54, 1.807) is 18.5 Å². The maximum absolute atomic E-state index is 13.9. The van der Waals surface area contributed by atoms with Crippen LogP contribution in [0.2, 0.25) is 0 Å². The summed E-state index contributed by atoms with van der Waals surface area (Å²) in [6.45, 7) is 5.33. The van der Waals surface area contributed by atoms with E-state index >= 15 is 0 Å². The molecular formula is C26H29IN4O2. The van der Waals surface area contributed by atoms with E-state index in [0.717, 1.165) is 46.9 Å². The zero-order valence-corrected chi connectivity index (χ0v) is 21.2. The van der Waals surface area contributed by atoms with Crippen LogP contribution in [-0.4, -0.2) is 49.4 Å². The number of ether oxygens (including phenoxy) is 1. The van der Waals surface area contributed by atoms with Crippen LogP contribution in [-0.2, 0) is 0 Å². The molecular weight excluding hydrogens is 527 g/mol. The lowest BCUT2D eigenvalue weighted by Crippen LogP contribution is -2.50. The number of aromatic nitrogens is 3. The second-order valence-corrected chi connectivity index (χ2v) is 9.63. The number of aryl methyl sites for hydroxylation is 2. The van der Waals surface area contributed by atoms with Crippen LogP contribution in [0, 0.1) is 19.8 Å². The Kier molecular flexibility index (Phi) is 7.90. The number of benzene rings is 1. The number of piperidine rings is 1. The van der Waals surface area contributed by atoms with Gasteiger partial charge < -0.3 is 9.64 Å². The Bertz CT molecular complexity index is 1080. The summed E-state index contributed by atoms with van der Waals surface area (Å²) >= 11 is 2.40. The number of carbonyl (C=O) groups is 1. The van der Waals surface area contributed by atoms with Crippen molar-refractivity contribution in [1.29, 1.82) is 0 Å². The van der Waals surface area contributed by atoms with Crippen molar-refractivity contribution in [3.8, 4) is 17.3 Å². The van der Waals surface area contributed by atoms with Crippen molar-refractivity contribution >= 4 is 28.5 Å². The van der Waals surface area contributed by atoms with Crippen molar-refractivity contribution in [2.45, 2.75) is 39.2 Å². The molecule has 33 heavy (non-hydrogen) atoms. The monoisotopic (exact) mass is 556 g/mol. The highest BCUT2D eigenvalue weighted by atomic mass is 127. The number of rotatable bonds is 7. The van der Waals surface area contributed by atoms with Gasteiger partial charge in [-0.2, -0.15) is 0 Å². The summed E-state index contributed by atoms with van der Waals surface area (Å²) in [6.07, 6.45) is 8.18. The molecule has 0 bridgehead atoms. The first-order valence-electron chi connectivity index (χ1n) is 11.4. The summed E-state index contributed by atoms with van der Waals surface area (Å²) in [5.74, 6) is 1.53. The Morgan fingerprint density at radius 1 is 1.12 bits per heavy atom. The molecule has 6 nitrogen and oxygen atoms in total. The molecule has 1 fully saturated rings. The number of alkyl halides is 1. The van der Waals surface area contributed by atoms with Crippen LogP contribution in [0.5, 0.6) is 5.88 Å². The molecule has 1 aliphatic rings. The largest absolute Gasteiger partial charge is 0.477 e. The normalized spacial score (nSPS) is 18.2. The van der Waals surface area contributed by atoms with E-state index in [9.17, 15) is 4.79 Å². The highest BCUT2D eigenvalue weighted by Gasteiger charge is 2.35. The molecule has 0 aliphatic carbocycles. The van der Waals surface area contributed by atoms with Gasteiger partial charge in [0.25, 0.3) is 5.91 Å². The number of likely N-dealkylation sites (tertiary alicyclic amines) is 1. The summed E-state index contributed by atoms with van der Waals surface area (Å²) in [5.41, 5.74) is 3.60. The topological polar surface area (TPSA) is 68.2 Å². The molecule has 0 spiro atoms. The standard InChI is InChI=1S/C26H29IN4O2/c1-18-6-8-21(25-28-12-4-13-29-25)22(15-18)26(32)31-14-3-5-20(23(31)10-11-27)17-33-24-9-7-19(2)16-30-24/h4,6-9,12-13,15-16,20,23H,3,5,10-11,14,17H2,1-2H3. The number of hydrogen-bond acceptors (Lipinski definition) is 5. The van der Waals surface area contributed by atoms with Gasteiger partial charge in [-0.15, -0.1) is 0 Å². The van der Waals surface area contributed by atoms with Gasteiger partial charge in [0.05, 0.1) is 12.2 Å². The van der Waals surface area contributed by atoms with E-state index in [4.69, 9.17) is 4.74 Å². The van der Waals surface area contributed by atoms with Crippen molar-refractivity contribution in [3.63, 3.8) is 0 Å². The maximum Gasteiger partial charge on any atom is 0.254 e. The Hall–Kier alpha value is -2.55. The van der Waals surface area contributed by atoms with Crippen LogP contribution in [0.4, 0.5) is 0 Å². The van der Waals surface area contributed by atoms with Crippen molar-refractivity contribution in [2.24, 2.45) is 5.92 Å². The van der Waals surface area contributed by atoms with E-state index < -0.39 is 0 Å². The average molecular weight is 556 g/mol. The predicted molar refractivity (Wildman–Crippen MR) is 138 cm³/mol. The minimum absolute atomic E-state index is 0.0502. The van der Waals surface area contributed by atoms with Gasteiger partial charge >= 0.3 is 0 Å². The fraction of sp³-hybridized carbons (Fsp3) is 0.385. The Labute approximate surface area is 209 Å². The third kappa shape index (κ3) is 5.69. The fourth-order valence-electron chi connectivity index (χ4n) is 4.44. The van der Waals surface area contributed by atoms with E-state index in [1.807, 2.05) is 50.4 Å². The molecule has 172 valence electrons. The zero-order valence-electron chi connectivity index (χ0n) is 19.1. The van der Waals surface area contributed by atoms with Crippen LogP contribution in [0.25, 0.3) is 11.4 Å². The average Bonchev–Trinajstić information content (AvgIpc) is 2.84. The van der Waals surface area contributed by atoms with Gasteiger partial charge in [0, 0.05) is 53.2 Å². The summed E-state index contributed by atoms with van der Waals surface area (Å²) < 4.78 is 7.03. The minimum atomic E-state index is 0.0502.